The molecule has 0 spiro atoms. The average molecular weight is 354 g/mol. The van der Waals surface area contributed by atoms with Crippen LogP contribution in [-0.4, -0.2) is 13.1 Å². The normalized spacial score (nSPS) is 10.7. The zero-order valence-electron chi connectivity index (χ0n) is 14.5. The van der Waals surface area contributed by atoms with E-state index in [1.54, 1.807) is 66.7 Å². The molecule has 5 nitrogen and oxygen atoms in total. The molecule has 130 valence electrons. The number of benzene rings is 2. The minimum Gasteiger partial charge on any atom is -0.465 e. The van der Waals surface area contributed by atoms with Gasteiger partial charge in [0.25, 0.3) is 0 Å². The van der Waals surface area contributed by atoms with Crippen molar-refractivity contribution >= 4 is 17.6 Å². The van der Waals surface area contributed by atoms with Crippen LogP contribution >= 0.6 is 0 Å². The molecule has 27 heavy (non-hydrogen) atoms. The Balaban J connectivity index is 1.96. The Kier molecular flexibility index (Phi) is 5.16. The smallest absolute Gasteiger partial charge is 0.338 e. The maximum atomic E-state index is 11.9. The Labute approximate surface area is 156 Å². The van der Waals surface area contributed by atoms with Crippen LogP contribution in [0.1, 0.15) is 27.2 Å². The number of ether oxygens (including phenoxy) is 1. The second-order valence-corrected chi connectivity index (χ2v) is 5.60. The van der Waals surface area contributed by atoms with E-state index < -0.39 is 5.97 Å². The highest BCUT2D eigenvalue weighted by Crippen LogP contribution is 2.28. The van der Waals surface area contributed by atoms with Crippen molar-refractivity contribution in [3.63, 3.8) is 0 Å². The van der Waals surface area contributed by atoms with Gasteiger partial charge in [0.1, 0.15) is 11.5 Å². The molecule has 0 N–H and O–H groups in total. The van der Waals surface area contributed by atoms with Crippen LogP contribution < -0.4 is 0 Å². The molecule has 3 rings (SSSR count). The summed E-state index contributed by atoms with van der Waals surface area (Å²) < 4.78 is 10.6. The van der Waals surface area contributed by atoms with Crippen molar-refractivity contribution in [1.82, 2.24) is 0 Å². The first-order chi connectivity index (χ1) is 13.2. The lowest BCUT2D eigenvalue weighted by molar-refractivity contribution is 0.0601. The molecule has 0 unspecified atom stereocenters. The third kappa shape index (κ3) is 3.78. The molecule has 0 bridgehead atoms. The molecule has 0 aliphatic heterocycles. The largest absolute Gasteiger partial charge is 0.465 e. The van der Waals surface area contributed by atoms with Gasteiger partial charge in [0, 0.05) is 5.56 Å². The predicted octanol–water partition coefficient (Wildman–Crippen LogP) is 4.67. The van der Waals surface area contributed by atoms with Crippen LogP contribution in [0.25, 0.3) is 23.0 Å². The molecule has 0 fully saturated rings. The summed E-state index contributed by atoms with van der Waals surface area (Å²) in [6, 6.07) is 21.4. The van der Waals surface area contributed by atoms with Gasteiger partial charge < -0.3 is 9.15 Å². The van der Waals surface area contributed by atoms with E-state index in [0.29, 0.717) is 39.3 Å². The van der Waals surface area contributed by atoms with Crippen LogP contribution in [0.4, 0.5) is 0 Å². The van der Waals surface area contributed by atoms with Gasteiger partial charge in [-0.25, -0.2) is 4.79 Å². The molecule has 0 atom stereocenters. The summed E-state index contributed by atoms with van der Waals surface area (Å²) in [5.41, 5.74) is 2.63. The first-order valence-electron chi connectivity index (χ1n) is 8.06. The van der Waals surface area contributed by atoms with Crippen LogP contribution in [0, 0.1) is 22.7 Å². The van der Waals surface area contributed by atoms with Crippen LogP contribution in [-0.2, 0) is 4.74 Å². The van der Waals surface area contributed by atoms with Crippen LogP contribution in [0.5, 0.6) is 0 Å². The highest BCUT2D eigenvalue weighted by molar-refractivity contribution is 5.96. The molecular weight excluding hydrogens is 340 g/mol. The summed E-state index contributed by atoms with van der Waals surface area (Å²) in [6.45, 7) is 0. The Morgan fingerprint density at radius 2 is 1.78 bits per heavy atom. The molecule has 3 aromatic rings. The fraction of sp³-hybridized carbons (Fsp3) is 0.0455. The van der Waals surface area contributed by atoms with Crippen molar-refractivity contribution < 1.29 is 13.9 Å². The number of nitrogens with zero attached hydrogens (tertiary/aromatic N) is 2. The molecular formula is C22H14N2O3. The van der Waals surface area contributed by atoms with E-state index in [1.165, 1.54) is 7.11 Å². The molecule has 0 saturated heterocycles. The lowest BCUT2D eigenvalue weighted by Crippen LogP contribution is -2.02. The number of esters is 1. The first kappa shape index (κ1) is 17.7. The number of carbonyl (C=O) groups is 1. The molecule has 0 saturated carbocycles. The molecule has 0 aliphatic carbocycles. The lowest BCUT2D eigenvalue weighted by Gasteiger charge is -2.04. The number of carbonyl (C=O) groups excluding carboxylic acids is 1. The quantitative estimate of drug-likeness (QED) is 0.502. The predicted molar refractivity (Wildman–Crippen MR) is 100 cm³/mol. The summed E-state index contributed by atoms with van der Waals surface area (Å²) in [4.78, 5) is 11.9. The minimum absolute atomic E-state index is 0.400. The standard InChI is InChI=1S/C22H14N2O3/c1-26-22(25)20-5-3-2-4-19(20)21-11-10-18(27-21)12-17(14-24)16-8-6-15(13-23)7-9-16/h2-12H,1H3/b17-12-. The second kappa shape index (κ2) is 7.86. The van der Waals surface area contributed by atoms with Gasteiger partial charge in [0.2, 0.25) is 0 Å². The van der Waals surface area contributed by atoms with Crippen molar-refractivity contribution in [2.75, 3.05) is 7.11 Å². The van der Waals surface area contributed by atoms with Gasteiger partial charge in [-0.15, -0.1) is 0 Å². The van der Waals surface area contributed by atoms with Crippen molar-refractivity contribution in [2.24, 2.45) is 0 Å². The van der Waals surface area contributed by atoms with Gasteiger partial charge in [0.05, 0.1) is 35.9 Å². The summed E-state index contributed by atoms with van der Waals surface area (Å²) in [5.74, 6) is 0.527. The van der Waals surface area contributed by atoms with E-state index in [1.807, 2.05) is 6.07 Å². The Morgan fingerprint density at radius 1 is 1.04 bits per heavy atom. The molecule has 0 amide bonds. The van der Waals surface area contributed by atoms with Gasteiger partial charge >= 0.3 is 5.97 Å². The number of hydrogen-bond acceptors (Lipinski definition) is 5. The zero-order valence-corrected chi connectivity index (χ0v) is 14.5. The maximum absolute atomic E-state index is 11.9. The van der Waals surface area contributed by atoms with Crippen molar-refractivity contribution in [2.45, 2.75) is 0 Å². The third-order valence-corrected chi connectivity index (χ3v) is 3.96. The van der Waals surface area contributed by atoms with Gasteiger partial charge in [-0.1, -0.05) is 30.3 Å². The maximum Gasteiger partial charge on any atom is 0.338 e. The van der Waals surface area contributed by atoms with Crippen LogP contribution in [0.3, 0.4) is 0 Å². The monoisotopic (exact) mass is 354 g/mol. The molecule has 1 heterocycles. The highest BCUT2D eigenvalue weighted by Gasteiger charge is 2.15. The lowest BCUT2D eigenvalue weighted by atomic mass is 10.0. The topological polar surface area (TPSA) is 87.0 Å². The summed E-state index contributed by atoms with van der Waals surface area (Å²) >= 11 is 0. The number of methoxy groups -OCH3 is 1. The Hall–Kier alpha value is -4.09. The Morgan fingerprint density at radius 3 is 2.44 bits per heavy atom. The van der Waals surface area contributed by atoms with E-state index in [4.69, 9.17) is 14.4 Å². The fourth-order valence-corrected chi connectivity index (χ4v) is 2.61. The second-order valence-electron chi connectivity index (χ2n) is 5.60. The van der Waals surface area contributed by atoms with E-state index >= 15 is 0 Å². The molecule has 1 aromatic heterocycles. The van der Waals surface area contributed by atoms with Gasteiger partial charge in [0.15, 0.2) is 0 Å². The Bertz CT molecular complexity index is 1090. The zero-order chi connectivity index (χ0) is 19.2. The molecule has 2 aromatic carbocycles. The number of nitriles is 2. The van der Waals surface area contributed by atoms with Gasteiger partial charge in [-0.05, 0) is 42.0 Å². The van der Waals surface area contributed by atoms with E-state index in [0.717, 1.165) is 0 Å². The number of furan rings is 1. The number of hydrogen-bond donors (Lipinski definition) is 0. The first-order valence-corrected chi connectivity index (χ1v) is 8.06. The minimum atomic E-state index is -0.450. The summed E-state index contributed by atoms with van der Waals surface area (Å²) in [6.07, 6.45) is 1.62. The van der Waals surface area contributed by atoms with Crippen molar-refractivity contribution in [1.29, 1.82) is 10.5 Å². The van der Waals surface area contributed by atoms with Gasteiger partial charge in [-0.2, -0.15) is 10.5 Å². The van der Waals surface area contributed by atoms with Gasteiger partial charge in [-0.3, -0.25) is 0 Å². The SMILES string of the molecule is COC(=O)c1ccccc1-c1ccc(/C=C(/C#N)c2ccc(C#N)cc2)o1. The molecule has 5 heteroatoms. The van der Waals surface area contributed by atoms with Crippen molar-refractivity contribution in [3.8, 4) is 23.5 Å². The highest BCUT2D eigenvalue weighted by atomic mass is 16.5. The number of allylic oxidation sites excluding steroid dienone is 1. The van der Waals surface area contributed by atoms with E-state index in [-0.39, 0.29) is 0 Å². The molecule has 0 radical (unpaired) electrons. The van der Waals surface area contributed by atoms with E-state index in [2.05, 4.69) is 6.07 Å². The summed E-state index contributed by atoms with van der Waals surface area (Å²) in [5, 5.41) is 18.3. The fourth-order valence-electron chi connectivity index (χ4n) is 2.61. The van der Waals surface area contributed by atoms with E-state index in [9.17, 15) is 10.1 Å². The third-order valence-electron chi connectivity index (χ3n) is 3.96. The van der Waals surface area contributed by atoms with Crippen LogP contribution in [0.2, 0.25) is 0 Å². The molecule has 0 aliphatic rings. The van der Waals surface area contributed by atoms with Crippen LogP contribution in [0.15, 0.2) is 65.1 Å². The summed E-state index contributed by atoms with van der Waals surface area (Å²) in [7, 11) is 1.33. The average Bonchev–Trinajstić information content (AvgIpc) is 3.20. The van der Waals surface area contributed by atoms with Crippen molar-refractivity contribution in [3.05, 3.63) is 83.1 Å². The number of rotatable bonds is 4.